The fourth-order valence-corrected chi connectivity index (χ4v) is 12.9. The molecule has 1 spiro atoms. The van der Waals surface area contributed by atoms with E-state index in [0.717, 1.165) is 39.0 Å². The number of fused-ring (bicyclic) bond motifs is 2. The van der Waals surface area contributed by atoms with Crippen molar-refractivity contribution < 1.29 is 38.4 Å². The maximum absolute atomic E-state index is 15.3. The van der Waals surface area contributed by atoms with Gasteiger partial charge in [0, 0.05) is 30.3 Å². The van der Waals surface area contributed by atoms with Gasteiger partial charge in [0.05, 0.1) is 60.2 Å². The molecule has 0 aliphatic carbocycles. The SMILES string of the molecule is COc1ccc([Si](C)(C)[C@H]2[C@H](CC(=O)N(CCO)Cc3ccccc3)O[C@@]3(C(=O)N(Cc4ccc(N5CCOC5=O)cc4)c4ccc(OC)cc43)[C@@H]2C)cc1. The minimum Gasteiger partial charge on any atom is -0.497 e. The molecule has 55 heavy (non-hydrogen) atoms. The lowest BCUT2D eigenvalue weighted by atomic mass is 9.82. The van der Waals surface area contributed by atoms with Crippen LogP contribution in [0.5, 0.6) is 11.5 Å². The van der Waals surface area contributed by atoms with Crippen LogP contribution in [-0.4, -0.2) is 82.6 Å². The van der Waals surface area contributed by atoms with Crippen molar-refractivity contribution in [1.29, 1.82) is 0 Å². The van der Waals surface area contributed by atoms with Crippen LogP contribution < -0.4 is 24.5 Å². The van der Waals surface area contributed by atoms with E-state index in [-0.39, 0.29) is 55.5 Å². The molecule has 4 aromatic carbocycles. The maximum Gasteiger partial charge on any atom is 0.414 e. The van der Waals surface area contributed by atoms with Crippen molar-refractivity contribution in [1.82, 2.24) is 4.90 Å². The van der Waals surface area contributed by atoms with Gasteiger partial charge in [0.25, 0.3) is 5.91 Å². The van der Waals surface area contributed by atoms with Crippen LogP contribution in [0.15, 0.2) is 97.1 Å². The predicted molar refractivity (Wildman–Crippen MR) is 212 cm³/mol. The van der Waals surface area contributed by atoms with Crippen LogP contribution in [0, 0.1) is 5.92 Å². The zero-order valence-corrected chi connectivity index (χ0v) is 33.1. The Morgan fingerprint density at radius 1 is 0.927 bits per heavy atom. The number of ether oxygens (including phenoxy) is 4. The molecular weight excluding hydrogens is 715 g/mol. The molecule has 3 heterocycles. The van der Waals surface area contributed by atoms with Crippen LogP contribution in [-0.2, 0) is 37.8 Å². The number of carbonyl (C=O) groups is 3. The Hall–Kier alpha value is -5.17. The predicted octanol–water partition coefficient (Wildman–Crippen LogP) is 5.83. The number of carbonyl (C=O) groups excluding carboxylic acids is 3. The number of benzene rings is 4. The molecule has 3 amide bonds. The Kier molecular flexibility index (Phi) is 10.8. The third-order valence-corrected chi connectivity index (χ3v) is 16.1. The Balaban J connectivity index is 1.27. The molecular formula is C43H49N3O8Si. The van der Waals surface area contributed by atoms with Crippen molar-refractivity contribution >= 4 is 42.5 Å². The molecule has 2 saturated heterocycles. The topological polar surface area (TPSA) is 118 Å². The number of cyclic esters (lactones) is 1. The summed E-state index contributed by atoms with van der Waals surface area (Å²) in [6.07, 6.45) is -0.933. The second-order valence-corrected chi connectivity index (χ2v) is 19.8. The number of rotatable bonds is 13. The highest BCUT2D eigenvalue weighted by Crippen LogP contribution is 2.60. The van der Waals surface area contributed by atoms with E-state index in [0.29, 0.717) is 25.4 Å². The molecule has 0 unspecified atom stereocenters. The number of nitrogens with zero attached hydrogens (tertiary/aromatic N) is 3. The molecule has 0 saturated carbocycles. The molecule has 7 rings (SSSR count). The Bertz CT molecular complexity index is 2030. The molecule has 3 aliphatic heterocycles. The number of amides is 3. The fourth-order valence-electron chi connectivity index (χ4n) is 8.89. The van der Waals surface area contributed by atoms with Gasteiger partial charge in [-0.1, -0.05) is 79.8 Å². The van der Waals surface area contributed by atoms with Gasteiger partial charge in [-0.2, -0.15) is 0 Å². The van der Waals surface area contributed by atoms with Gasteiger partial charge in [-0.15, -0.1) is 0 Å². The standard InChI is InChI=1S/C43H49N3O8Si/c1-29-40(55(4,5)35-18-15-33(51-2)16-19-35)38(26-39(48)44(21-23-47)27-30-9-7-6-8-10-30)54-43(29)36-25-34(52-3)17-20-37(36)46(41(43)49)28-31-11-13-32(14-12-31)45-22-24-53-42(45)50/h6-20,25,29,38,40,47H,21-24,26-28H2,1-5H3/t29-,38+,40-,43+/m1/s1. The lowest BCUT2D eigenvalue weighted by Crippen LogP contribution is -2.52. The third-order valence-electron chi connectivity index (χ3n) is 11.7. The van der Waals surface area contributed by atoms with Gasteiger partial charge in [0.15, 0.2) is 5.60 Å². The van der Waals surface area contributed by atoms with E-state index in [4.69, 9.17) is 18.9 Å². The van der Waals surface area contributed by atoms with Crippen LogP contribution in [0.4, 0.5) is 16.2 Å². The van der Waals surface area contributed by atoms with Crippen molar-refractivity contribution in [2.45, 2.75) is 56.8 Å². The summed E-state index contributed by atoms with van der Waals surface area (Å²) in [7, 11) is 0.712. The summed E-state index contributed by atoms with van der Waals surface area (Å²) >= 11 is 0. The van der Waals surface area contributed by atoms with Crippen LogP contribution in [0.2, 0.25) is 18.6 Å². The summed E-state index contributed by atoms with van der Waals surface area (Å²) in [6.45, 7) is 8.12. The summed E-state index contributed by atoms with van der Waals surface area (Å²) in [5, 5.41) is 11.2. The lowest BCUT2D eigenvalue weighted by molar-refractivity contribution is -0.150. The van der Waals surface area contributed by atoms with Gasteiger partial charge < -0.3 is 33.9 Å². The van der Waals surface area contributed by atoms with Crippen LogP contribution in [0.25, 0.3) is 0 Å². The van der Waals surface area contributed by atoms with E-state index in [1.165, 1.54) is 0 Å². The van der Waals surface area contributed by atoms with Gasteiger partial charge in [0.2, 0.25) is 5.91 Å². The quantitative estimate of drug-likeness (QED) is 0.169. The minimum atomic E-state index is -2.53. The first kappa shape index (κ1) is 38.1. The molecule has 0 aromatic heterocycles. The van der Waals surface area contributed by atoms with Crippen molar-refractivity contribution in [3.05, 3.63) is 114 Å². The molecule has 1 N–H and O–H groups in total. The zero-order chi connectivity index (χ0) is 38.9. The highest BCUT2D eigenvalue weighted by atomic mass is 28.3. The number of aliphatic hydroxyl groups excluding tert-OH is 1. The van der Waals surface area contributed by atoms with Crippen LogP contribution >= 0.6 is 0 Å². The van der Waals surface area contributed by atoms with Gasteiger partial charge in [-0.05, 0) is 59.1 Å². The van der Waals surface area contributed by atoms with E-state index in [9.17, 15) is 14.7 Å². The third kappa shape index (κ3) is 6.98. The number of methoxy groups -OCH3 is 2. The second-order valence-electron chi connectivity index (χ2n) is 15.1. The summed E-state index contributed by atoms with van der Waals surface area (Å²) in [4.78, 5) is 46.9. The number of aliphatic hydroxyl groups is 1. The zero-order valence-electron chi connectivity index (χ0n) is 32.1. The molecule has 288 valence electrons. The van der Waals surface area contributed by atoms with Crippen molar-refractivity contribution in [2.75, 3.05) is 50.3 Å². The van der Waals surface area contributed by atoms with E-state index in [2.05, 4.69) is 32.2 Å². The summed E-state index contributed by atoms with van der Waals surface area (Å²) in [5.74, 6) is 0.689. The number of hydrogen-bond acceptors (Lipinski definition) is 8. The molecule has 3 aliphatic rings. The second kappa shape index (κ2) is 15.5. The Morgan fingerprint density at radius 3 is 2.25 bits per heavy atom. The highest BCUT2D eigenvalue weighted by Gasteiger charge is 2.66. The van der Waals surface area contributed by atoms with E-state index in [1.54, 1.807) is 28.9 Å². The molecule has 11 nitrogen and oxygen atoms in total. The number of hydrogen-bond donors (Lipinski definition) is 1. The first-order chi connectivity index (χ1) is 26.5. The maximum atomic E-state index is 15.3. The normalized spacial score (nSPS) is 21.9. The molecule has 0 bridgehead atoms. The molecule has 4 atom stereocenters. The van der Waals surface area contributed by atoms with E-state index < -0.39 is 19.8 Å². The first-order valence-corrected chi connectivity index (χ1v) is 21.9. The fraction of sp³-hybridized carbons (Fsp3) is 0.372. The largest absolute Gasteiger partial charge is 0.497 e. The van der Waals surface area contributed by atoms with Gasteiger partial charge in [-0.25, -0.2) is 4.79 Å². The lowest BCUT2D eigenvalue weighted by Gasteiger charge is -2.37. The first-order valence-electron chi connectivity index (χ1n) is 18.8. The molecule has 12 heteroatoms. The Morgan fingerprint density at radius 2 is 1.62 bits per heavy atom. The Labute approximate surface area is 323 Å². The smallest absolute Gasteiger partial charge is 0.414 e. The van der Waals surface area contributed by atoms with Crippen molar-refractivity contribution in [3.63, 3.8) is 0 Å². The monoisotopic (exact) mass is 763 g/mol. The minimum absolute atomic E-state index is 0.0448. The molecule has 2 fully saturated rings. The van der Waals surface area contributed by atoms with E-state index >= 15 is 4.79 Å². The van der Waals surface area contributed by atoms with Crippen LogP contribution in [0.1, 0.15) is 30.0 Å². The summed E-state index contributed by atoms with van der Waals surface area (Å²) < 4.78 is 23.6. The molecule has 0 radical (unpaired) electrons. The van der Waals surface area contributed by atoms with Gasteiger partial charge >= 0.3 is 6.09 Å². The molecule has 4 aromatic rings. The summed E-state index contributed by atoms with van der Waals surface area (Å²) in [5.41, 5.74) is 2.46. The summed E-state index contributed by atoms with van der Waals surface area (Å²) in [6, 6.07) is 31.1. The average Bonchev–Trinajstić information content (AvgIpc) is 3.83. The highest BCUT2D eigenvalue weighted by molar-refractivity contribution is 6.91. The number of anilines is 2. The van der Waals surface area contributed by atoms with Crippen molar-refractivity contribution in [3.8, 4) is 11.5 Å². The van der Waals surface area contributed by atoms with Gasteiger partial charge in [-0.3, -0.25) is 14.5 Å². The van der Waals surface area contributed by atoms with Gasteiger partial charge in [0.1, 0.15) is 18.1 Å². The van der Waals surface area contributed by atoms with Crippen molar-refractivity contribution in [2.24, 2.45) is 5.92 Å². The van der Waals surface area contributed by atoms with Crippen LogP contribution in [0.3, 0.4) is 0 Å². The average molecular weight is 764 g/mol. The van der Waals surface area contributed by atoms with E-state index in [1.807, 2.05) is 84.9 Å².